The molecule has 26 heavy (non-hydrogen) atoms. The topological polar surface area (TPSA) is 61.9 Å². The van der Waals surface area contributed by atoms with Crippen LogP contribution in [-0.2, 0) is 0 Å². The molecule has 1 aliphatic heterocycles. The van der Waals surface area contributed by atoms with Crippen molar-refractivity contribution in [2.75, 3.05) is 33.3 Å². The van der Waals surface area contributed by atoms with E-state index < -0.39 is 0 Å². The van der Waals surface area contributed by atoms with Gasteiger partial charge in [0.25, 0.3) is 5.91 Å². The van der Waals surface area contributed by atoms with Gasteiger partial charge in [-0.15, -0.1) is 0 Å². The fourth-order valence-electron chi connectivity index (χ4n) is 3.08. The highest BCUT2D eigenvalue weighted by Crippen LogP contribution is 2.26. The molecule has 2 rings (SSSR count). The predicted octanol–water partition coefficient (Wildman–Crippen LogP) is 3.08. The van der Waals surface area contributed by atoms with Gasteiger partial charge in [-0.2, -0.15) is 0 Å². The minimum atomic E-state index is -0.0614. The summed E-state index contributed by atoms with van der Waals surface area (Å²) in [6.45, 7) is 10.5. The Labute approximate surface area is 156 Å². The van der Waals surface area contributed by atoms with Crippen molar-refractivity contribution in [3.63, 3.8) is 0 Å². The van der Waals surface area contributed by atoms with Gasteiger partial charge in [-0.25, -0.2) is 4.79 Å². The molecule has 0 unspecified atom stereocenters. The number of carbonyl (C=O) groups excluding carboxylic acids is 2. The minimum absolute atomic E-state index is 0.0320. The van der Waals surface area contributed by atoms with Gasteiger partial charge in [0.1, 0.15) is 5.75 Å². The maximum absolute atomic E-state index is 13.1. The van der Waals surface area contributed by atoms with Crippen LogP contribution in [0.3, 0.4) is 0 Å². The predicted molar refractivity (Wildman–Crippen MR) is 103 cm³/mol. The largest absolute Gasteiger partial charge is 0.496 e. The molecule has 0 spiro atoms. The summed E-state index contributed by atoms with van der Waals surface area (Å²) in [5.41, 5.74) is 1.71. The summed E-state index contributed by atoms with van der Waals surface area (Å²) in [6, 6.07) is 5.84. The number of hydrogen-bond acceptors (Lipinski definition) is 3. The van der Waals surface area contributed by atoms with Crippen molar-refractivity contribution in [2.45, 2.75) is 46.1 Å². The molecule has 6 nitrogen and oxygen atoms in total. The first kappa shape index (κ1) is 20.1. The van der Waals surface area contributed by atoms with Crippen LogP contribution in [0.2, 0.25) is 0 Å². The lowest BCUT2D eigenvalue weighted by Crippen LogP contribution is -2.44. The van der Waals surface area contributed by atoms with E-state index in [1.807, 2.05) is 36.9 Å². The third-order valence-electron chi connectivity index (χ3n) is 4.60. The summed E-state index contributed by atoms with van der Waals surface area (Å²) >= 11 is 0. The van der Waals surface area contributed by atoms with E-state index >= 15 is 0 Å². The average molecular weight is 361 g/mol. The van der Waals surface area contributed by atoms with Crippen LogP contribution in [0.15, 0.2) is 18.2 Å². The number of carbonyl (C=O) groups is 2. The number of rotatable bonds is 4. The fraction of sp³-hybridized carbons (Fsp3) is 0.600. The van der Waals surface area contributed by atoms with Crippen LogP contribution in [0.5, 0.6) is 5.75 Å². The van der Waals surface area contributed by atoms with Crippen molar-refractivity contribution < 1.29 is 14.3 Å². The highest BCUT2D eigenvalue weighted by atomic mass is 16.5. The molecular weight excluding hydrogens is 330 g/mol. The summed E-state index contributed by atoms with van der Waals surface area (Å²) in [5.74, 6) is 0.903. The van der Waals surface area contributed by atoms with Gasteiger partial charge in [0, 0.05) is 32.2 Å². The normalized spacial score (nSPS) is 15.2. The summed E-state index contributed by atoms with van der Waals surface area (Å²) in [6.07, 6.45) is 0.767. The van der Waals surface area contributed by atoms with E-state index in [2.05, 4.69) is 19.2 Å². The molecule has 3 amide bonds. The fourth-order valence-corrected chi connectivity index (χ4v) is 3.08. The first-order valence-electron chi connectivity index (χ1n) is 9.36. The molecule has 1 aromatic rings. The zero-order chi connectivity index (χ0) is 19.3. The molecule has 1 aromatic carbocycles. The monoisotopic (exact) mass is 361 g/mol. The van der Waals surface area contributed by atoms with E-state index in [9.17, 15) is 9.59 Å². The van der Waals surface area contributed by atoms with E-state index in [1.165, 1.54) is 0 Å². The van der Waals surface area contributed by atoms with Gasteiger partial charge >= 0.3 is 6.03 Å². The van der Waals surface area contributed by atoms with Gasteiger partial charge in [-0.1, -0.05) is 19.9 Å². The molecule has 1 fully saturated rings. The van der Waals surface area contributed by atoms with Crippen molar-refractivity contribution in [1.82, 2.24) is 15.1 Å². The van der Waals surface area contributed by atoms with Gasteiger partial charge in [0.05, 0.1) is 12.7 Å². The quantitative estimate of drug-likeness (QED) is 0.896. The van der Waals surface area contributed by atoms with Crippen molar-refractivity contribution in [3.05, 3.63) is 29.3 Å². The lowest BCUT2D eigenvalue weighted by atomic mass is 9.99. The molecule has 0 radical (unpaired) electrons. The first-order chi connectivity index (χ1) is 12.3. The summed E-state index contributed by atoms with van der Waals surface area (Å²) in [5, 5.41) is 2.92. The Hall–Kier alpha value is -2.24. The zero-order valence-corrected chi connectivity index (χ0v) is 16.5. The van der Waals surface area contributed by atoms with Crippen molar-refractivity contribution >= 4 is 11.9 Å². The summed E-state index contributed by atoms with van der Waals surface area (Å²) < 4.78 is 5.40. The summed E-state index contributed by atoms with van der Waals surface area (Å²) in [7, 11) is 1.58. The number of nitrogens with zero attached hydrogens (tertiary/aromatic N) is 2. The van der Waals surface area contributed by atoms with E-state index in [0.717, 1.165) is 12.0 Å². The van der Waals surface area contributed by atoms with Gasteiger partial charge < -0.3 is 19.9 Å². The molecule has 0 bridgehead atoms. The Kier molecular flexibility index (Phi) is 6.89. The first-order valence-corrected chi connectivity index (χ1v) is 9.36. The van der Waals surface area contributed by atoms with Crippen LogP contribution in [0, 0.1) is 0 Å². The van der Waals surface area contributed by atoms with Crippen LogP contribution >= 0.6 is 0 Å². The molecule has 144 valence electrons. The molecular formula is C20H31N3O3. The molecule has 0 atom stereocenters. The molecule has 0 aliphatic carbocycles. The molecule has 1 aliphatic rings. The lowest BCUT2D eigenvalue weighted by molar-refractivity contribution is 0.0758. The number of hydrogen-bond donors (Lipinski definition) is 1. The second kappa shape index (κ2) is 8.92. The van der Waals surface area contributed by atoms with Gasteiger partial charge in [-0.3, -0.25) is 4.79 Å². The van der Waals surface area contributed by atoms with E-state index in [1.54, 1.807) is 12.0 Å². The van der Waals surface area contributed by atoms with E-state index in [0.29, 0.717) is 43.4 Å². The molecule has 1 N–H and O–H groups in total. The second-order valence-corrected chi connectivity index (χ2v) is 7.35. The summed E-state index contributed by atoms with van der Waals surface area (Å²) in [4.78, 5) is 28.9. The van der Waals surface area contributed by atoms with Crippen LogP contribution in [0.25, 0.3) is 0 Å². The molecule has 1 heterocycles. The molecule has 1 saturated heterocycles. The Bertz CT molecular complexity index is 643. The number of urea groups is 1. The number of ether oxygens (including phenoxy) is 1. The van der Waals surface area contributed by atoms with Crippen LogP contribution in [-0.4, -0.2) is 61.1 Å². The third kappa shape index (κ3) is 4.90. The Balaban J connectivity index is 2.13. The number of methoxy groups -OCH3 is 1. The van der Waals surface area contributed by atoms with Crippen molar-refractivity contribution in [3.8, 4) is 5.75 Å². The van der Waals surface area contributed by atoms with Crippen LogP contribution in [0.1, 0.15) is 56.0 Å². The number of benzene rings is 1. The standard InChI is InChI=1S/C20H31N3O3/c1-14(2)16-7-8-18(26-5)17(13-16)19(24)22-9-6-10-23(12-11-22)20(25)21-15(3)4/h7-8,13-15H,6,9-12H2,1-5H3,(H,21,25). The maximum Gasteiger partial charge on any atom is 0.317 e. The van der Waals surface area contributed by atoms with E-state index in [-0.39, 0.29) is 18.0 Å². The van der Waals surface area contributed by atoms with Gasteiger partial charge in [-0.05, 0) is 43.9 Å². The van der Waals surface area contributed by atoms with Crippen molar-refractivity contribution in [1.29, 1.82) is 0 Å². The SMILES string of the molecule is COc1ccc(C(C)C)cc1C(=O)N1CCCN(C(=O)NC(C)C)CC1. The van der Waals surface area contributed by atoms with E-state index in [4.69, 9.17) is 4.74 Å². The Morgan fingerprint density at radius 2 is 1.69 bits per heavy atom. The molecule has 6 heteroatoms. The van der Waals surface area contributed by atoms with Gasteiger partial charge in [0.15, 0.2) is 0 Å². The Morgan fingerprint density at radius 3 is 2.31 bits per heavy atom. The van der Waals surface area contributed by atoms with Gasteiger partial charge in [0.2, 0.25) is 0 Å². The van der Waals surface area contributed by atoms with Crippen LogP contribution in [0.4, 0.5) is 4.79 Å². The van der Waals surface area contributed by atoms with Crippen molar-refractivity contribution in [2.24, 2.45) is 0 Å². The third-order valence-corrected chi connectivity index (χ3v) is 4.60. The molecule has 0 saturated carbocycles. The number of amides is 3. The maximum atomic E-state index is 13.1. The van der Waals surface area contributed by atoms with Crippen LogP contribution < -0.4 is 10.1 Å². The second-order valence-electron chi connectivity index (χ2n) is 7.35. The number of nitrogens with one attached hydrogen (secondary N) is 1. The molecule has 0 aromatic heterocycles. The average Bonchev–Trinajstić information content (AvgIpc) is 2.86. The lowest BCUT2D eigenvalue weighted by Gasteiger charge is -2.24. The highest BCUT2D eigenvalue weighted by Gasteiger charge is 2.25. The smallest absolute Gasteiger partial charge is 0.317 e. The zero-order valence-electron chi connectivity index (χ0n) is 16.5. The Morgan fingerprint density at radius 1 is 1.04 bits per heavy atom. The minimum Gasteiger partial charge on any atom is -0.496 e. The highest BCUT2D eigenvalue weighted by molar-refractivity contribution is 5.97.